The highest BCUT2D eigenvalue weighted by atomic mass is 15.4. The Bertz CT molecular complexity index is 411. The van der Waals surface area contributed by atoms with Crippen LogP contribution >= 0.6 is 0 Å². The van der Waals surface area contributed by atoms with Crippen LogP contribution in [0, 0.1) is 6.92 Å². The largest absolute Gasteiger partial charge is 0.355 e. The van der Waals surface area contributed by atoms with Gasteiger partial charge in [-0.25, -0.2) is 0 Å². The van der Waals surface area contributed by atoms with Crippen molar-refractivity contribution in [3.05, 3.63) is 11.3 Å². The monoisotopic (exact) mass is 295 g/mol. The van der Waals surface area contributed by atoms with Gasteiger partial charge in [0.05, 0.1) is 5.69 Å². The fourth-order valence-electron chi connectivity index (χ4n) is 2.60. The first-order chi connectivity index (χ1) is 10.0. The molecule has 1 heterocycles. The van der Waals surface area contributed by atoms with Crippen LogP contribution in [0.1, 0.15) is 37.9 Å². The van der Waals surface area contributed by atoms with Crippen LogP contribution in [0.15, 0.2) is 0 Å². The summed E-state index contributed by atoms with van der Waals surface area (Å²) >= 11 is 0. The molecule has 122 valence electrons. The Morgan fingerprint density at radius 3 is 2.38 bits per heavy atom. The molecule has 0 unspecified atom stereocenters. The molecule has 21 heavy (non-hydrogen) atoms. The van der Waals surface area contributed by atoms with E-state index in [0.717, 1.165) is 51.3 Å². The number of nitrogens with zero attached hydrogens (tertiary/aromatic N) is 4. The Balaban J connectivity index is 2.93. The molecule has 0 aliphatic carbocycles. The van der Waals surface area contributed by atoms with Crippen LogP contribution in [0.25, 0.3) is 0 Å². The van der Waals surface area contributed by atoms with Crippen LogP contribution in [0.5, 0.6) is 0 Å². The predicted octanol–water partition coefficient (Wildman–Crippen LogP) is 2.01. The van der Waals surface area contributed by atoms with Gasteiger partial charge in [0.25, 0.3) is 0 Å². The molecule has 1 aromatic heterocycles. The Morgan fingerprint density at radius 1 is 1.10 bits per heavy atom. The highest BCUT2D eigenvalue weighted by Crippen LogP contribution is 2.23. The molecule has 0 aliphatic rings. The third kappa shape index (κ3) is 5.32. The summed E-state index contributed by atoms with van der Waals surface area (Å²) < 4.78 is 2.05. The van der Waals surface area contributed by atoms with Gasteiger partial charge in [0.1, 0.15) is 5.82 Å². The lowest BCUT2D eigenvalue weighted by Crippen LogP contribution is -2.34. The fraction of sp³-hybridized carbons (Fsp3) is 0.812. The lowest BCUT2D eigenvalue weighted by molar-refractivity contribution is 0.411. The number of aryl methyl sites for hydroxylation is 2. The molecule has 0 spiro atoms. The molecular formula is C16H33N5. The molecule has 0 amide bonds. The first-order valence-electron chi connectivity index (χ1n) is 8.14. The second-order valence-electron chi connectivity index (χ2n) is 5.98. The SMILES string of the molecule is CCCNCc1c(C)nn(C)c1N(CCC)CCN(C)C. The van der Waals surface area contributed by atoms with E-state index in [9.17, 15) is 0 Å². The van der Waals surface area contributed by atoms with Gasteiger partial charge in [-0.2, -0.15) is 5.10 Å². The van der Waals surface area contributed by atoms with E-state index < -0.39 is 0 Å². The predicted molar refractivity (Wildman–Crippen MR) is 91.0 cm³/mol. The van der Waals surface area contributed by atoms with Crippen molar-refractivity contribution in [2.45, 2.75) is 40.2 Å². The summed E-state index contributed by atoms with van der Waals surface area (Å²) in [5.74, 6) is 1.28. The summed E-state index contributed by atoms with van der Waals surface area (Å²) in [4.78, 5) is 4.71. The molecule has 5 heteroatoms. The molecule has 0 atom stereocenters. The van der Waals surface area contributed by atoms with Crippen molar-refractivity contribution in [1.82, 2.24) is 20.0 Å². The Morgan fingerprint density at radius 2 is 1.81 bits per heavy atom. The van der Waals surface area contributed by atoms with Gasteiger partial charge in [-0.1, -0.05) is 13.8 Å². The lowest BCUT2D eigenvalue weighted by Gasteiger charge is -2.27. The number of nitrogens with one attached hydrogen (secondary N) is 1. The average molecular weight is 295 g/mol. The maximum atomic E-state index is 4.64. The van der Waals surface area contributed by atoms with Crippen molar-refractivity contribution >= 4 is 5.82 Å². The van der Waals surface area contributed by atoms with E-state index in [-0.39, 0.29) is 0 Å². The van der Waals surface area contributed by atoms with Gasteiger partial charge in [-0.05, 0) is 40.4 Å². The standard InChI is InChI=1S/C16H33N5/c1-7-9-17-13-15-14(3)18-20(6)16(15)21(10-8-2)12-11-19(4)5/h17H,7-13H2,1-6H3. The summed E-state index contributed by atoms with van der Waals surface area (Å²) in [7, 11) is 6.31. The number of rotatable bonds is 10. The maximum Gasteiger partial charge on any atom is 0.131 e. The van der Waals surface area contributed by atoms with Gasteiger partial charge in [-0.3, -0.25) is 4.68 Å². The van der Waals surface area contributed by atoms with Gasteiger partial charge >= 0.3 is 0 Å². The smallest absolute Gasteiger partial charge is 0.131 e. The van der Waals surface area contributed by atoms with Crippen LogP contribution in [0.2, 0.25) is 0 Å². The van der Waals surface area contributed by atoms with E-state index in [1.54, 1.807) is 0 Å². The molecule has 1 N–H and O–H groups in total. The van der Waals surface area contributed by atoms with Crippen molar-refractivity contribution in [3.63, 3.8) is 0 Å². The molecule has 0 fully saturated rings. The van der Waals surface area contributed by atoms with E-state index in [2.05, 4.69) is 62.1 Å². The quantitative estimate of drug-likeness (QED) is 0.670. The third-order valence-corrected chi connectivity index (χ3v) is 3.65. The molecule has 1 aromatic rings. The molecule has 0 saturated heterocycles. The van der Waals surface area contributed by atoms with Crippen molar-refractivity contribution < 1.29 is 0 Å². The van der Waals surface area contributed by atoms with Crippen LogP contribution in [0.4, 0.5) is 5.82 Å². The zero-order valence-electron chi connectivity index (χ0n) is 14.7. The number of likely N-dealkylation sites (N-methyl/N-ethyl adjacent to an activating group) is 1. The fourth-order valence-corrected chi connectivity index (χ4v) is 2.60. The van der Waals surface area contributed by atoms with Crippen LogP contribution in [-0.2, 0) is 13.6 Å². The van der Waals surface area contributed by atoms with E-state index in [4.69, 9.17) is 0 Å². The molecule has 0 aliphatic heterocycles. The summed E-state index contributed by atoms with van der Waals surface area (Å²) in [6, 6.07) is 0. The van der Waals surface area contributed by atoms with E-state index in [0.29, 0.717) is 0 Å². The van der Waals surface area contributed by atoms with E-state index in [1.165, 1.54) is 11.4 Å². The van der Waals surface area contributed by atoms with Crippen molar-refractivity contribution in [2.24, 2.45) is 7.05 Å². The highest BCUT2D eigenvalue weighted by Gasteiger charge is 2.18. The summed E-state index contributed by atoms with van der Waals surface area (Å²) in [5, 5.41) is 8.16. The number of hydrogen-bond donors (Lipinski definition) is 1. The Hall–Kier alpha value is -1.07. The zero-order chi connectivity index (χ0) is 15.8. The van der Waals surface area contributed by atoms with Crippen LogP contribution < -0.4 is 10.2 Å². The van der Waals surface area contributed by atoms with Gasteiger partial charge in [0.15, 0.2) is 0 Å². The van der Waals surface area contributed by atoms with E-state index in [1.807, 2.05) is 4.68 Å². The summed E-state index contributed by atoms with van der Waals surface area (Å²) in [5.41, 5.74) is 2.49. The number of anilines is 1. The second-order valence-corrected chi connectivity index (χ2v) is 5.98. The van der Waals surface area contributed by atoms with Gasteiger partial charge < -0.3 is 15.1 Å². The van der Waals surface area contributed by atoms with Gasteiger partial charge in [-0.15, -0.1) is 0 Å². The van der Waals surface area contributed by atoms with Gasteiger partial charge in [0, 0.05) is 38.8 Å². The minimum atomic E-state index is 0.908. The third-order valence-electron chi connectivity index (χ3n) is 3.65. The second kappa shape index (κ2) is 9.05. The number of hydrogen-bond acceptors (Lipinski definition) is 4. The first kappa shape index (κ1) is 18.0. The maximum absolute atomic E-state index is 4.64. The lowest BCUT2D eigenvalue weighted by atomic mass is 10.2. The summed E-state index contributed by atoms with van der Waals surface area (Å²) in [6.45, 7) is 11.7. The molecule has 0 radical (unpaired) electrons. The van der Waals surface area contributed by atoms with Crippen molar-refractivity contribution in [2.75, 3.05) is 45.2 Å². The Kier molecular flexibility index (Phi) is 7.75. The Labute approximate surface area is 130 Å². The molecule has 1 rings (SSSR count). The first-order valence-corrected chi connectivity index (χ1v) is 8.14. The normalized spacial score (nSPS) is 11.4. The zero-order valence-corrected chi connectivity index (χ0v) is 14.7. The average Bonchev–Trinajstić information content (AvgIpc) is 2.70. The van der Waals surface area contributed by atoms with Gasteiger partial charge in [0.2, 0.25) is 0 Å². The van der Waals surface area contributed by atoms with Crippen molar-refractivity contribution in [3.8, 4) is 0 Å². The highest BCUT2D eigenvalue weighted by molar-refractivity contribution is 5.50. The molecule has 0 aromatic carbocycles. The minimum Gasteiger partial charge on any atom is -0.355 e. The van der Waals surface area contributed by atoms with E-state index >= 15 is 0 Å². The molecule has 0 saturated carbocycles. The summed E-state index contributed by atoms with van der Waals surface area (Å²) in [6.07, 6.45) is 2.31. The van der Waals surface area contributed by atoms with Crippen LogP contribution in [-0.4, -0.2) is 55.0 Å². The van der Waals surface area contributed by atoms with Crippen LogP contribution in [0.3, 0.4) is 0 Å². The minimum absolute atomic E-state index is 0.908. The molecule has 0 bridgehead atoms. The van der Waals surface area contributed by atoms with Crippen molar-refractivity contribution in [1.29, 1.82) is 0 Å². The number of aromatic nitrogens is 2. The molecular weight excluding hydrogens is 262 g/mol. The topological polar surface area (TPSA) is 36.3 Å². The molecule has 5 nitrogen and oxygen atoms in total.